The van der Waals surface area contributed by atoms with Crippen LogP contribution in [0.4, 0.5) is 0 Å². The minimum Gasteiger partial charge on any atom is -1.00 e. The molecule has 0 saturated carbocycles. The maximum atomic E-state index is 2.68. The topological polar surface area (TPSA) is 0 Å². The first-order valence-corrected chi connectivity index (χ1v) is 14.3. The Morgan fingerprint density at radius 3 is 1.80 bits per heavy atom. The summed E-state index contributed by atoms with van der Waals surface area (Å²) in [5.41, 5.74) is 9.41. The van der Waals surface area contributed by atoms with Crippen LogP contribution >= 0.6 is 0 Å². The van der Waals surface area contributed by atoms with Crippen LogP contribution in [0.3, 0.4) is 0 Å². The second-order valence-corrected chi connectivity index (χ2v) is 14.1. The van der Waals surface area contributed by atoms with E-state index in [9.17, 15) is 0 Å². The van der Waals surface area contributed by atoms with E-state index in [0.29, 0.717) is 5.92 Å². The molecule has 1 aliphatic carbocycles. The van der Waals surface area contributed by atoms with Crippen LogP contribution in [0.1, 0.15) is 74.3 Å². The molecule has 0 heterocycles. The van der Waals surface area contributed by atoms with E-state index in [1.807, 2.05) is 0 Å². The van der Waals surface area contributed by atoms with Crippen molar-refractivity contribution in [2.75, 3.05) is 0 Å². The molecule has 0 aromatic heterocycles. The Balaban J connectivity index is 0. The third-order valence-electron chi connectivity index (χ3n) is 7.41. The van der Waals surface area contributed by atoms with Gasteiger partial charge in [-0.1, -0.05) is 0 Å². The van der Waals surface area contributed by atoms with Gasteiger partial charge in [-0.3, -0.25) is 0 Å². The zero-order valence-corrected chi connectivity index (χ0v) is 25.2. The van der Waals surface area contributed by atoms with Gasteiger partial charge in [0.05, 0.1) is 0 Å². The van der Waals surface area contributed by atoms with Crippen LogP contribution in [0, 0.1) is 40.5 Å². The van der Waals surface area contributed by atoms with Gasteiger partial charge in [-0.25, -0.2) is 0 Å². The number of rotatable bonds is 7. The average molecular weight is 522 g/mol. The number of hydrogen-bond donors (Lipinski definition) is 0. The fraction of sp³-hybridized carbons (Fsp3) is 0.600. The molecule has 0 nitrogen and oxygen atoms in total. The monoisotopic (exact) mass is 520 g/mol. The molecule has 30 heavy (non-hydrogen) atoms. The van der Waals surface area contributed by atoms with Gasteiger partial charge in [-0.2, -0.15) is 0 Å². The first kappa shape index (κ1) is 32.7. The Morgan fingerprint density at radius 1 is 0.900 bits per heavy atom. The quantitative estimate of drug-likeness (QED) is 0.366. The van der Waals surface area contributed by atoms with Crippen LogP contribution in [-0.2, 0) is 20.4 Å². The molecule has 0 N–H and O–H groups in total. The van der Waals surface area contributed by atoms with E-state index in [0.717, 1.165) is 0 Å². The van der Waals surface area contributed by atoms with Crippen molar-refractivity contribution in [3.63, 3.8) is 0 Å². The van der Waals surface area contributed by atoms with E-state index < -0.39 is 8.07 Å². The Kier molecular flexibility index (Phi) is 14.5. The molecule has 0 saturated heterocycles. The Labute approximate surface area is 217 Å². The van der Waals surface area contributed by atoms with Gasteiger partial charge in [0.2, 0.25) is 0 Å². The van der Waals surface area contributed by atoms with Gasteiger partial charge in [0.15, 0.2) is 0 Å². The number of allylic oxidation sites excluding steroid dienone is 4. The van der Waals surface area contributed by atoms with Gasteiger partial charge in [-0.05, 0) is 0 Å². The van der Waals surface area contributed by atoms with E-state index in [2.05, 4.69) is 88.4 Å². The van der Waals surface area contributed by atoms with Crippen molar-refractivity contribution in [3.8, 4) is 0 Å². The van der Waals surface area contributed by atoms with Crippen molar-refractivity contribution in [1.29, 1.82) is 0 Å². The van der Waals surface area contributed by atoms with Crippen LogP contribution in [0.2, 0.25) is 12.6 Å². The van der Waals surface area contributed by atoms with Gasteiger partial charge in [-0.15, -0.1) is 0 Å². The van der Waals surface area contributed by atoms with E-state index >= 15 is 0 Å². The average Bonchev–Trinajstić information content (AvgIpc) is 3.04. The summed E-state index contributed by atoms with van der Waals surface area (Å²) >= 11 is 2.38. The second-order valence-electron chi connectivity index (χ2n) is 8.96. The number of benzene rings is 1. The zero-order chi connectivity index (χ0) is 20.5. The van der Waals surface area contributed by atoms with Gasteiger partial charge in [0, 0.05) is 0 Å². The van der Waals surface area contributed by atoms with Crippen LogP contribution < -0.4 is 42.4 Å². The smallest absolute Gasteiger partial charge is 1.00 e. The molecule has 1 aliphatic rings. The summed E-state index contributed by atoms with van der Waals surface area (Å²) in [6.45, 7) is 21.6. The van der Waals surface area contributed by atoms with Crippen molar-refractivity contribution < 1.29 is 57.7 Å². The van der Waals surface area contributed by atoms with Gasteiger partial charge in [0.25, 0.3) is 0 Å². The van der Waals surface area contributed by atoms with Gasteiger partial charge in [0.1, 0.15) is 0 Å². The van der Waals surface area contributed by atoms with E-state index in [1.165, 1.54) is 48.4 Å². The minimum atomic E-state index is -1.77. The third kappa shape index (κ3) is 5.89. The van der Waals surface area contributed by atoms with Gasteiger partial charge >= 0.3 is 182 Å². The minimum absolute atomic E-state index is 0. The molecule has 1 aromatic rings. The van der Waals surface area contributed by atoms with Crippen LogP contribution in [0.15, 0.2) is 20.7 Å². The molecule has 0 fully saturated rings. The van der Waals surface area contributed by atoms with Crippen molar-refractivity contribution in [2.24, 2.45) is 5.92 Å². The molecule has 0 spiro atoms. The predicted octanol–water partition coefficient (Wildman–Crippen LogP) is -1.96. The Hall–Kier alpha value is 0.501. The van der Waals surface area contributed by atoms with Crippen LogP contribution in [0.25, 0.3) is 0 Å². The summed E-state index contributed by atoms with van der Waals surface area (Å²) < 4.78 is 1.63. The number of hydrogen-bond acceptors (Lipinski definition) is 0. The molecule has 2 unspecified atom stereocenters. The number of halogens is 3. The Morgan fingerprint density at radius 2 is 1.37 bits per heavy atom. The summed E-state index contributed by atoms with van der Waals surface area (Å²) in [7, 11) is -1.77. The van der Waals surface area contributed by atoms with Crippen LogP contribution in [-0.4, -0.2) is 8.07 Å². The molecule has 0 aliphatic heterocycles. The molecule has 5 heteroatoms. The van der Waals surface area contributed by atoms with Crippen molar-refractivity contribution in [3.05, 3.63) is 48.5 Å². The first-order chi connectivity index (χ1) is 12.6. The third-order valence-corrected chi connectivity index (χ3v) is 13.0. The summed E-state index contributed by atoms with van der Waals surface area (Å²) in [5.74, 6) is 0.681. The summed E-state index contributed by atoms with van der Waals surface area (Å²) in [6, 6.07) is 1.38. The normalized spacial score (nSPS) is 16.2. The Bertz CT molecular complexity index is 769. The maximum Gasteiger partial charge on any atom is -1.00 e. The van der Waals surface area contributed by atoms with E-state index in [1.54, 1.807) is 31.0 Å². The molecule has 168 valence electrons. The summed E-state index contributed by atoms with van der Waals surface area (Å²) in [5, 5.41) is 3.52. The predicted molar refractivity (Wildman–Crippen MR) is 120 cm³/mol. The molecule has 1 aromatic carbocycles. The first-order valence-electron chi connectivity index (χ1n) is 10.8. The molecular formula is C25H39Cl3SiTi. The molecule has 0 amide bonds. The molecule has 2 rings (SSSR count). The maximum absolute atomic E-state index is 2.68. The second kappa shape index (κ2) is 13.3. The van der Waals surface area contributed by atoms with Crippen molar-refractivity contribution in [2.45, 2.75) is 93.7 Å². The van der Waals surface area contributed by atoms with Gasteiger partial charge < -0.3 is 37.2 Å². The van der Waals surface area contributed by atoms with E-state index in [4.69, 9.17) is 0 Å². The SMILES string of the molecule is CCCC[Si](C)(C1=CC[C]([Ti+3])=C1C(C)CC)c1c(C)c(C)c(C)c(C)c1C.[Cl-].[Cl-].[Cl-]. The van der Waals surface area contributed by atoms with E-state index in [-0.39, 0.29) is 37.2 Å². The van der Waals surface area contributed by atoms with Crippen molar-refractivity contribution in [1.82, 2.24) is 0 Å². The molecule has 0 radical (unpaired) electrons. The summed E-state index contributed by atoms with van der Waals surface area (Å²) in [4.78, 5) is 0. The molecular weight excluding hydrogens is 483 g/mol. The summed E-state index contributed by atoms with van der Waals surface area (Å²) in [6.07, 6.45) is 7.68. The van der Waals surface area contributed by atoms with Crippen molar-refractivity contribution >= 4 is 13.3 Å². The molecule has 2 atom stereocenters. The standard InChI is InChI=1S/C25H39Si.3ClH.Ti/c1-10-12-16-26(9,24-15-13-14-23(24)17(3)11-2)25-21(7)19(5)18(4)20(6)22(25)8;;;;/h15,17H,10-13,16H2,1-9H3;3*1H;/q;;;;+3/p-3. The fourth-order valence-corrected chi connectivity index (χ4v) is 11.5. The fourth-order valence-electron chi connectivity index (χ4n) is 5.13. The zero-order valence-electron chi connectivity index (χ0n) is 20.3. The number of unbranched alkanes of at least 4 members (excludes halogenated alkanes) is 1. The molecule has 0 bridgehead atoms. The van der Waals surface area contributed by atoms with Crippen LogP contribution in [0.5, 0.6) is 0 Å². The largest absolute Gasteiger partial charge is 1.00 e.